The maximum absolute atomic E-state index is 12.8. The smallest absolute Gasteiger partial charge is 0.292 e. The van der Waals surface area contributed by atoms with E-state index in [2.05, 4.69) is 10.3 Å². The first-order valence-corrected chi connectivity index (χ1v) is 9.65. The van der Waals surface area contributed by atoms with E-state index >= 15 is 0 Å². The van der Waals surface area contributed by atoms with Crippen molar-refractivity contribution in [1.82, 2.24) is 10.3 Å². The number of carbonyl (C=O) groups excluding carboxylic acids is 3. The number of hydrogen-bond acceptors (Lipinski definition) is 3. The molecule has 0 bridgehead atoms. The van der Waals surface area contributed by atoms with Crippen LogP contribution < -0.4 is 10.2 Å². The minimum atomic E-state index is -0.683. The van der Waals surface area contributed by atoms with E-state index in [0.29, 0.717) is 17.8 Å². The first kappa shape index (κ1) is 18.9. The van der Waals surface area contributed by atoms with Crippen molar-refractivity contribution in [3.63, 3.8) is 0 Å². The summed E-state index contributed by atoms with van der Waals surface area (Å²) < 4.78 is 0. The second-order valence-electron chi connectivity index (χ2n) is 7.65. The number of nitrogens with one attached hydrogen (secondary N) is 2. The van der Waals surface area contributed by atoms with Gasteiger partial charge in [-0.3, -0.25) is 14.4 Å². The first-order valence-electron chi connectivity index (χ1n) is 9.65. The van der Waals surface area contributed by atoms with E-state index < -0.39 is 17.7 Å². The van der Waals surface area contributed by atoms with Crippen molar-refractivity contribution in [2.24, 2.45) is 0 Å². The van der Waals surface area contributed by atoms with Crippen molar-refractivity contribution in [2.45, 2.75) is 33.2 Å². The third-order valence-electron chi connectivity index (χ3n) is 5.59. The van der Waals surface area contributed by atoms with Gasteiger partial charge < -0.3 is 15.2 Å². The number of fused-ring (bicyclic) bond motifs is 1. The zero-order valence-corrected chi connectivity index (χ0v) is 16.7. The van der Waals surface area contributed by atoms with Crippen LogP contribution in [0.3, 0.4) is 0 Å². The molecule has 0 spiro atoms. The van der Waals surface area contributed by atoms with Gasteiger partial charge in [0.1, 0.15) is 0 Å². The minimum Gasteiger partial charge on any atom is -0.358 e. The lowest BCUT2D eigenvalue weighted by molar-refractivity contribution is -0.118. The van der Waals surface area contributed by atoms with Gasteiger partial charge in [0.15, 0.2) is 0 Å². The number of Topliss-reactive ketones (excluding diaryl/α,β-unsaturated/α-hetero) is 1. The maximum Gasteiger partial charge on any atom is 0.292 e. The molecule has 6 nitrogen and oxygen atoms in total. The van der Waals surface area contributed by atoms with Crippen LogP contribution >= 0.6 is 0 Å². The van der Waals surface area contributed by atoms with E-state index in [4.69, 9.17) is 0 Å². The molecular weight excluding hydrogens is 366 g/mol. The summed E-state index contributed by atoms with van der Waals surface area (Å²) >= 11 is 0. The van der Waals surface area contributed by atoms with Crippen molar-refractivity contribution >= 4 is 34.2 Å². The summed E-state index contributed by atoms with van der Waals surface area (Å²) in [6.07, 6.45) is 0.179. The first-order chi connectivity index (χ1) is 13.8. The van der Waals surface area contributed by atoms with E-state index in [9.17, 15) is 14.4 Å². The Morgan fingerprint density at radius 2 is 1.83 bits per heavy atom. The molecule has 1 aromatic heterocycles. The third kappa shape index (κ3) is 3.42. The normalized spacial score (nSPS) is 16.4. The van der Waals surface area contributed by atoms with Crippen LogP contribution in [0.1, 0.15) is 33.6 Å². The number of amides is 2. The zero-order valence-electron chi connectivity index (χ0n) is 16.7. The molecule has 1 aliphatic rings. The average molecular weight is 389 g/mol. The summed E-state index contributed by atoms with van der Waals surface area (Å²) in [5, 5.41) is 3.48. The lowest BCUT2D eigenvalue weighted by Gasteiger charge is -2.18. The van der Waals surface area contributed by atoms with Crippen molar-refractivity contribution in [3.8, 4) is 0 Å². The minimum absolute atomic E-state index is 0.0609. The summed E-state index contributed by atoms with van der Waals surface area (Å²) in [6, 6.07) is 12.9. The average Bonchev–Trinajstić information content (AvgIpc) is 3.22. The molecule has 1 aliphatic heterocycles. The van der Waals surface area contributed by atoms with Crippen molar-refractivity contribution < 1.29 is 14.4 Å². The number of carbonyl (C=O) groups is 3. The second kappa shape index (κ2) is 7.20. The van der Waals surface area contributed by atoms with Crippen molar-refractivity contribution in [2.75, 3.05) is 11.4 Å². The molecule has 2 aromatic carbocycles. The Kier molecular flexibility index (Phi) is 4.70. The van der Waals surface area contributed by atoms with E-state index in [1.165, 1.54) is 0 Å². The van der Waals surface area contributed by atoms with Gasteiger partial charge in [-0.1, -0.05) is 24.3 Å². The highest BCUT2D eigenvalue weighted by atomic mass is 16.2. The molecular formula is C23H23N3O3. The molecule has 3 aromatic rings. The van der Waals surface area contributed by atoms with E-state index in [1.54, 1.807) is 11.8 Å². The number of para-hydroxylation sites is 1. The van der Waals surface area contributed by atoms with Crippen LogP contribution in [0.15, 0.2) is 42.5 Å². The highest BCUT2D eigenvalue weighted by molar-refractivity contribution is 6.45. The van der Waals surface area contributed by atoms with Crippen LogP contribution in [-0.2, 0) is 9.59 Å². The summed E-state index contributed by atoms with van der Waals surface area (Å²) in [7, 11) is 0. The second-order valence-corrected chi connectivity index (χ2v) is 7.65. The van der Waals surface area contributed by atoms with Crippen molar-refractivity contribution in [1.29, 1.82) is 0 Å². The fourth-order valence-electron chi connectivity index (χ4n) is 3.88. The predicted octanol–water partition coefficient (Wildman–Crippen LogP) is 3.20. The lowest BCUT2D eigenvalue weighted by Crippen LogP contribution is -2.41. The molecule has 0 unspecified atom stereocenters. The molecule has 4 rings (SSSR count). The fourth-order valence-corrected chi connectivity index (χ4v) is 3.88. The monoisotopic (exact) mass is 389 g/mol. The van der Waals surface area contributed by atoms with Gasteiger partial charge in [0.25, 0.3) is 11.7 Å². The fraction of sp³-hybridized carbons (Fsp3) is 0.261. The number of rotatable bonds is 4. The number of aromatic nitrogens is 1. The molecule has 0 aliphatic carbocycles. The summed E-state index contributed by atoms with van der Waals surface area (Å²) in [4.78, 5) is 42.7. The van der Waals surface area contributed by atoms with Gasteiger partial charge in [-0.05, 0) is 50.1 Å². The molecule has 6 heteroatoms. The van der Waals surface area contributed by atoms with E-state index in [-0.39, 0.29) is 12.3 Å². The van der Waals surface area contributed by atoms with E-state index in [1.807, 2.05) is 56.3 Å². The zero-order chi connectivity index (χ0) is 20.7. The van der Waals surface area contributed by atoms with Crippen LogP contribution in [0.5, 0.6) is 0 Å². The van der Waals surface area contributed by atoms with Crippen LogP contribution in [0.25, 0.3) is 10.9 Å². The van der Waals surface area contributed by atoms with Crippen LogP contribution in [0, 0.1) is 20.8 Å². The largest absolute Gasteiger partial charge is 0.358 e. The Morgan fingerprint density at radius 3 is 2.59 bits per heavy atom. The number of aromatic amines is 1. The predicted molar refractivity (Wildman–Crippen MR) is 112 cm³/mol. The van der Waals surface area contributed by atoms with Gasteiger partial charge in [0, 0.05) is 35.2 Å². The topological polar surface area (TPSA) is 82.3 Å². The molecule has 0 saturated carbocycles. The third-order valence-corrected chi connectivity index (χ3v) is 5.59. The number of benzene rings is 2. The molecule has 2 N–H and O–H groups in total. The Labute approximate surface area is 168 Å². The molecule has 0 radical (unpaired) electrons. The molecule has 2 amide bonds. The Morgan fingerprint density at radius 1 is 1.07 bits per heavy atom. The quantitative estimate of drug-likeness (QED) is 0.531. The van der Waals surface area contributed by atoms with Gasteiger partial charge in [-0.2, -0.15) is 0 Å². The van der Waals surface area contributed by atoms with E-state index in [0.717, 1.165) is 27.7 Å². The van der Waals surface area contributed by atoms with Gasteiger partial charge >= 0.3 is 0 Å². The highest BCUT2D eigenvalue weighted by Gasteiger charge is 2.33. The number of hydrogen-bond donors (Lipinski definition) is 2. The number of ketones is 1. The molecule has 1 atom stereocenters. The molecule has 29 heavy (non-hydrogen) atoms. The number of H-pyrrole nitrogens is 1. The lowest BCUT2D eigenvalue weighted by atomic mass is 10.1. The number of anilines is 1. The summed E-state index contributed by atoms with van der Waals surface area (Å²) in [6.45, 7) is 6.15. The maximum atomic E-state index is 12.8. The van der Waals surface area contributed by atoms with Gasteiger partial charge in [-0.15, -0.1) is 0 Å². The van der Waals surface area contributed by atoms with Gasteiger partial charge in [0.2, 0.25) is 5.91 Å². The van der Waals surface area contributed by atoms with Crippen molar-refractivity contribution in [3.05, 3.63) is 64.8 Å². The molecule has 2 heterocycles. The van der Waals surface area contributed by atoms with Gasteiger partial charge in [-0.25, -0.2) is 0 Å². The number of nitrogens with zero attached hydrogens (tertiary/aromatic N) is 1. The summed E-state index contributed by atoms with van der Waals surface area (Å²) in [5.41, 5.74) is 4.93. The van der Waals surface area contributed by atoms with Gasteiger partial charge in [0.05, 0.1) is 11.6 Å². The standard InChI is InChI=1S/C23H23N3O3/c1-13-8-9-17(10-14(13)2)26-12-16(11-20(26)27)25-23(29)22(28)21-15(3)24-19-7-5-4-6-18(19)21/h4-10,16,24H,11-12H2,1-3H3,(H,25,29)/t16-/m0/s1. The highest BCUT2D eigenvalue weighted by Crippen LogP contribution is 2.25. The molecule has 1 fully saturated rings. The SMILES string of the molecule is Cc1ccc(N2C[C@@H](NC(=O)C(=O)c3c(C)[nH]c4ccccc34)CC2=O)cc1C. The Hall–Kier alpha value is -3.41. The van der Waals surface area contributed by atoms with Crippen LogP contribution in [-0.4, -0.2) is 35.2 Å². The summed E-state index contributed by atoms with van der Waals surface area (Å²) in [5.74, 6) is -1.33. The Bertz CT molecular complexity index is 1150. The molecule has 1 saturated heterocycles. The number of aryl methyl sites for hydroxylation is 3. The van der Waals surface area contributed by atoms with Crippen LogP contribution in [0.4, 0.5) is 5.69 Å². The molecule has 148 valence electrons. The Balaban J connectivity index is 1.50. The van der Waals surface area contributed by atoms with Crippen LogP contribution in [0.2, 0.25) is 0 Å².